The number of anilines is 1. The number of benzene rings is 4. The second kappa shape index (κ2) is 26.4. The van der Waals surface area contributed by atoms with Crippen LogP contribution in [0.2, 0.25) is 0 Å². The van der Waals surface area contributed by atoms with Gasteiger partial charge in [0.1, 0.15) is 53.9 Å². The van der Waals surface area contributed by atoms with E-state index in [4.69, 9.17) is 69.7 Å². The number of aliphatic hydroxyl groups is 2. The van der Waals surface area contributed by atoms with Gasteiger partial charge in [-0.05, 0) is 73.0 Å². The van der Waals surface area contributed by atoms with Crippen LogP contribution in [0.3, 0.4) is 0 Å². The summed E-state index contributed by atoms with van der Waals surface area (Å²) in [5.74, 6) is 1.85. The maximum absolute atomic E-state index is 13.7. The van der Waals surface area contributed by atoms with E-state index in [1.165, 1.54) is 18.7 Å². The van der Waals surface area contributed by atoms with Crippen LogP contribution in [0.4, 0.5) is 5.82 Å². The third-order valence-electron chi connectivity index (χ3n) is 10.9. The largest absolute Gasteiger partial charge is 0.697 e. The summed E-state index contributed by atoms with van der Waals surface area (Å²) in [6.45, 7) is 7.56. The van der Waals surface area contributed by atoms with Crippen molar-refractivity contribution in [2.45, 2.75) is 73.5 Å². The van der Waals surface area contributed by atoms with E-state index in [-0.39, 0.29) is 17.5 Å². The Morgan fingerprint density at radius 3 is 1.87 bits per heavy atom. The standard InChI is InChI=1S/C39H46N3O10PS.C8H11N.CCl4/c1-7-37(2,3)35(44)54-24-23-50-53(47)51-25-31-33(43)38(4,46)34(52-31)42-22-21-32(40-36(42)45)41-39(26-11-9-8-10-12-26,27-13-17-29(48-5)18-14-27)28-15-19-30(49-6)20-16-28;1-9-7-8-5-3-2-4-6-8;2-1(3,4)5/h8-22,31,33-34,43,46H,7,23-25H2,1-6H3;2-6,9H,7H2,1H3;/p+1/t31-,33+,34-,38?;;/m1../s1. The smallest absolute Gasteiger partial charge is 0.497 e. The molecule has 68 heavy (non-hydrogen) atoms. The molecule has 0 aliphatic carbocycles. The van der Waals surface area contributed by atoms with Crippen LogP contribution in [0.1, 0.15) is 62.6 Å². The van der Waals surface area contributed by atoms with Crippen LogP contribution in [-0.4, -0.2) is 86.2 Å². The highest BCUT2D eigenvalue weighted by Crippen LogP contribution is 2.42. The first-order valence-electron chi connectivity index (χ1n) is 21.3. The number of nitrogens with one attached hydrogen (secondary N) is 2. The Labute approximate surface area is 422 Å². The lowest BCUT2D eigenvalue weighted by Crippen LogP contribution is -2.46. The summed E-state index contributed by atoms with van der Waals surface area (Å²) in [7, 11) is 2.52. The fourth-order valence-electron chi connectivity index (χ4n) is 6.87. The molecule has 20 heteroatoms. The Morgan fingerprint density at radius 2 is 1.38 bits per heavy atom. The van der Waals surface area contributed by atoms with Gasteiger partial charge in [0.2, 0.25) is 0 Å². The first kappa shape index (κ1) is 56.8. The number of ether oxygens (including phenoxy) is 3. The lowest BCUT2D eigenvalue weighted by Gasteiger charge is -2.37. The number of hydrogen-bond acceptors (Lipinski definition) is 14. The molecule has 4 N–H and O–H groups in total. The number of halogens is 4. The van der Waals surface area contributed by atoms with Gasteiger partial charge in [-0.25, -0.2) is 4.79 Å². The lowest BCUT2D eigenvalue weighted by molar-refractivity contribution is -0.118. The van der Waals surface area contributed by atoms with Gasteiger partial charge in [-0.15, -0.1) is 9.05 Å². The number of aliphatic hydroxyl groups excluding tert-OH is 1. The highest BCUT2D eigenvalue weighted by molar-refractivity contribution is 8.13. The van der Waals surface area contributed by atoms with E-state index >= 15 is 0 Å². The number of methoxy groups -OCH3 is 2. The average molecular weight is 1060 g/mol. The first-order chi connectivity index (χ1) is 32.2. The molecule has 1 saturated heterocycles. The van der Waals surface area contributed by atoms with E-state index in [0.29, 0.717) is 23.7 Å². The number of carbonyl (C=O) groups is 1. The predicted molar refractivity (Wildman–Crippen MR) is 271 cm³/mol. The molecular formula is C48H58Cl4N4O10PS+. The fourth-order valence-corrected chi connectivity index (χ4v) is 8.47. The fraction of sp³-hybridized carbons (Fsp3) is 0.396. The van der Waals surface area contributed by atoms with Gasteiger partial charge >= 0.3 is 13.9 Å². The van der Waals surface area contributed by atoms with E-state index in [0.717, 1.165) is 39.6 Å². The van der Waals surface area contributed by atoms with Crippen LogP contribution in [0.25, 0.3) is 0 Å². The molecule has 1 aromatic heterocycles. The molecular weight excluding hydrogens is 997 g/mol. The molecule has 14 nitrogen and oxygen atoms in total. The van der Waals surface area contributed by atoms with Crippen LogP contribution >= 0.6 is 66.4 Å². The van der Waals surface area contributed by atoms with E-state index in [2.05, 4.69) is 27.8 Å². The predicted octanol–water partition coefficient (Wildman–Crippen LogP) is 10.0. The van der Waals surface area contributed by atoms with Gasteiger partial charge in [0, 0.05) is 28.5 Å². The van der Waals surface area contributed by atoms with Crippen molar-refractivity contribution in [1.29, 1.82) is 0 Å². The first-order valence-corrected chi connectivity index (χ1v) is 24.9. The average Bonchev–Trinajstić information content (AvgIpc) is 3.55. The van der Waals surface area contributed by atoms with Crippen molar-refractivity contribution >= 4 is 77.4 Å². The summed E-state index contributed by atoms with van der Waals surface area (Å²) < 4.78 is 39.2. The zero-order valence-electron chi connectivity index (χ0n) is 38.7. The van der Waals surface area contributed by atoms with Gasteiger partial charge in [0.25, 0.3) is 3.25 Å². The quantitative estimate of drug-likeness (QED) is 0.0266. The summed E-state index contributed by atoms with van der Waals surface area (Å²) in [6.07, 6.45) is -1.92. The zero-order chi connectivity index (χ0) is 50.1. The normalized spacial score (nSPS) is 18.3. The molecule has 1 fully saturated rings. The van der Waals surface area contributed by atoms with Crippen LogP contribution < -0.4 is 25.8 Å². The second-order valence-electron chi connectivity index (χ2n) is 16.1. The van der Waals surface area contributed by atoms with Crippen molar-refractivity contribution in [3.8, 4) is 11.5 Å². The molecule has 5 aromatic rings. The Bertz CT molecular complexity index is 2350. The Morgan fingerprint density at radius 1 is 0.868 bits per heavy atom. The van der Waals surface area contributed by atoms with Gasteiger partial charge in [0.05, 0.1) is 14.2 Å². The molecule has 0 spiro atoms. The third kappa shape index (κ3) is 16.1. The molecule has 2 unspecified atom stereocenters. The number of rotatable bonds is 19. The topological polar surface area (TPSA) is 180 Å². The van der Waals surface area contributed by atoms with Crippen LogP contribution in [0.15, 0.2) is 126 Å². The van der Waals surface area contributed by atoms with E-state index in [1.807, 2.05) is 125 Å². The van der Waals surface area contributed by atoms with Gasteiger partial charge in [-0.3, -0.25) is 9.36 Å². The van der Waals surface area contributed by atoms with Crippen LogP contribution in [-0.2, 0) is 35.2 Å². The van der Waals surface area contributed by atoms with Gasteiger partial charge in [-0.2, -0.15) is 4.98 Å². The van der Waals surface area contributed by atoms with Gasteiger partial charge < -0.3 is 35.1 Å². The summed E-state index contributed by atoms with van der Waals surface area (Å²) in [5, 5.41) is 29.0. The highest BCUT2D eigenvalue weighted by atomic mass is 35.6. The van der Waals surface area contributed by atoms with Crippen molar-refractivity contribution in [3.05, 3.63) is 154 Å². The summed E-state index contributed by atoms with van der Waals surface area (Å²) >= 11 is 20.4. The summed E-state index contributed by atoms with van der Waals surface area (Å²) in [4.78, 5) is 30.4. The molecule has 1 aliphatic heterocycles. The van der Waals surface area contributed by atoms with Gasteiger partial charge in [-0.1, -0.05) is 164 Å². The number of carbonyl (C=O) groups excluding carboxylic acids is 1. The molecule has 368 valence electrons. The minimum Gasteiger partial charge on any atom is -0.497 e. The molecule has 2 heterocycles. The summed E-state index contributed by atoms with van der Waals surface area (Å²) in [6, 6.07) is 36.8. The Balaban J connectivity index is 0.000000619. The third-order valence-corrected chi connectivity index (χ3v) is 12.9. The Kier molecular flexibility index (Phi) is 22.1. The maximum atomic E-state index is 13.7. The van der Waals surface area contributed by atoms with Crippen molar-refractivity contribution in [2.24, 2.45) is 5.41 Å². The number of hydrogen-bond donors (Lipinski definition) is 4. The van der Waals surface area contributed by atoms with E-state index < -0.39 is 58.8 Å². The van der Waals surface area contributed by atoms with Gasteiger partial charge in [0.15, 0.2) is 11.3 Å². The molecule has 4 aromatic carbocycles. The highest BCUT2D eigenvalue weighted by Gasteiger charge is 2.54. The molecule has 1 aliphatic rings. The zero-order valence-corrected chi connectivity index (χ0v) is 43.5. The second-order valence-corrected chi connectivity index (χ2v) is 21.5. The minimum absolute atomic E-state index is 0.00373. The maximum Gasteiger partial charge on any atom is 0.697 e. The number of alkyl halides is 4. The van der Waals surface area contributed by atoms with Crippen molar-refractivity contribution in [3.63, 3.8) is 0 Å². The lowest BCUT2D eigenvalue weighted by atomic mass is 9.77. The SMILES string of the molecule is CCC(C)(C)C(=O)SCCO[P+](=O)OC[C@H]1O[C@@H](n2ccc(NC(c3ccccc3)(c3ccc(OC)cc3)c3ccc(OC)cc3)nc2=O)C(C)(O)[C@H]1O.CNCc1ccccc1.ClC(Cl)(Cl)Cl. The number of nitrogens with zero attached hydrogens (tertiary/aromatic N) is 2. The molecule has 0 radical (unpaired) electrons. The van der Waals surface area contributed by atoms with Crippen molar-refractivity contribution in [1.82, 2.24) is 14.9 Å². The summed E-state index contributed by atoms with van der Waals surface area (Å²) in [5.41, 5.74) is -0.403. The molecule has 0 saturated carbocycles. The molecule has 0 amide bonds. The number of aromatic nitrogens is 2. The molecule has 0 bridgehead atoms. The van der Waals surface area contributed by atoms with E-state index in [1.54, 1.807) is 20.3 Å². The van der Waals surface area contributed by atoms with Crippen molar-refractivity contribution < 1.29 is 42.8 Å². The minimum atomic E-state index is -2.62. The van der Waals surface area contributed by atoms with Crippen LogP contribution in [0.5, 0.6) is 11.5 Å². The monoisotopic (exact) mass is 1050 g/mol. The van der Waals surface area contributed by atoms with E-state index in [9.17, 15) is 24.4 Å². The number of thioether (sulfide) groups is 1. The van der Waals surface area contributed by atoms with Crippen LogP contribution in [0, 0.1) is 5.41 Å². The Hall–Kier alpha value is -3.80. The molecule has 5 atom stereocenters. The van der Waals surface area contributed by atoms with Crippen molar-refractivity contribution in [2.75, 3.05) is 45.6 Å². The molecule has 6 rings (SSSR count).